The summed E-state index contributed by atoms with van der Waals surface area (Å²) < 4.78 is 0. The lowest BCUT2D eigenvalue weighted by Crippen LogP contribution is -2.38. The van der Waals surface area contributed by atoms with Crippen LogP contribution >= 0.6 is 0 Å². The second-order valence-electron chi connectivity index (χ2n) is 9.30. The van der Waals surface area contributed by atoms with E-state index in [1.165, 1.54) is 57.8 Å². The van der Waals surface area contributed by atoms with Gasteiger partial charge in [-0.25, -0.2) is 4.98 Å². The van der Waals surface area contributed by atoms with Gasteiger partial charge in [0.25, 0.3) is 0 Å². The summed E-state index contributed by atoms with van der Waals surface area (Å²) in [6, 6.07) is 5.69. The molecule has 1 fully saturated rings. The maximum atomic E-state index is 12.7. The summed E-state index contributed by atoms with van der Waals surface area (Å²) in [6.07, 6.45) is 16.1. The number of nitrogens with one attached hydrogen (secondary N) is 2. The van der Waals surface area contributed by atoms with Crippen molar-refractivity contribution in [1.82, 2.24) is 10.3 Å². The molecule has 5 nitrogen and oxygen atoms in total. The Bertz CT molecular complexity index is 604. The van der Waals surface area contributed by atoms with E-state index in [0.29, 0.717) is 18.7 Å². The summed E-state index contributed by atoms with van der Waals surface area (Å²) in [6.45, 7) is 3.96. The number of pyridine rings is 1. The number of carbonyl (C=O) groups excluding carboxylic acids is 2. The highest BCUT2D eigenvalue weighted by atomic mass is 16.2. The number of anilines is 1. The molecular weight excluding hydrogens is 362 g/mol. The largest absolute Gasteiger partial charge is 0.353 e. The number of hydrogen-bond acceptors (Lipinski definition) is 3. The average molecular weight is 402 g/mol. The lowest BCUT2D eigenvalue weighted by Gasteiger charge is -2.26. The van der Waals surface area contributed by atoms with Crippen LogP contribution in [-0.4, -0.2) is 22.8 Å². The third kappa shape index (κ3) is 10.4. The summed E-state index contributed by atoms with van der Waals surface area (Å²) in [5.41, 5.74) is -0.395. The first-order valence-corrected chi connectivity index (χ1v) is 11.4. The van der Waals surface area contributed by atoms with Crippen molar-refractivity contribution in [1.29, 1.82) is 0 Å². The van der Waals surface area contributed by atoms with E-state index in [0.717, 1.165) is 12.8 Å². The molecule has 1 aliphatic carbocycles. The highest BCUT2D eigenvalue weighted by Crippen LogP contribution is 2.26. The van der Waals surface area contributed by atoms with Crippen molar-refractivity contribution in [2.45, 2.75) is 103 Å². The molecule has 0 unspecified atom stereocenters. The molecule has 2 amide bonds. The van der Waals surface area contributed by atoms with Gasteiger partial charge in [0, 0.05) is 25.1 Å². The Hall–Kier alpha value is -1.91. The van der Waals surface area contributed by atoms with Gasteiger partial charge >= 0.3 is 0 Å². The van der Waals surface area contributed by atoms with Crippen LogP contribution in [0.15, 0.2) is 24.4 Å². The van der Waals surface area contributed by atoms with Crippen LogP contribution < -0.4 is 10.6 Å². The summed E-state index contributed by atoms with van der Waals surface area (Å²) >= 11 is 0. The molecule has 0 saturated heterocycles. The summed E-state index contributed by atoms with van der Waals surface area (Å²) in [5, 5.41) is 6.08. The molecule has 0 bridgehead atoms. The van der Waals surface area contributed by atoms with Crippen LogP contribution in [0.2, 0.25) is 0 Å². The number of hydrogen-bond donors (Lipinski definition) is 2. The van der Waals surface area contributed by atoms with E-state index in [9.17, 15) is 9.59 Å². The Balaban J connectivity index is 1.78. The first-order chi connectivity index (χ1) is 13.9. The van der Waals surface area contributed by atoms with Gasteiger partial charge in [-0.15, -0.1) is 0 Å². The molecule has 0 atom stereocenters. The number of nitrogens with zero attached hydrogens (tertiary/aromatic N) is 1. The molecule has 1 saturated carbocycles. The standard InChI is InChI=1S/C24H39N3O2/c1-24(2,19-23(29)27-21-16-12-13-17-25-21)18-22(28)26-20-14-10-8-6-4-3-5-7-9-11-15-20/h12-13,16-17,20H,3-11,14-15,18-19H2,1-2H3,(H,26,28)(H,25,27,29). The monoisotopic (exact) mass is 401 g/mol. The lowest BCUT2D eigenvalue weighted by atomic mass is 9.84. The molecule has 2 N–H and O–H groups in total. The topological polar surface area (TPSA) is 71.1 Å². The molecule has 1 aromatic rings. The van der Waals surface area contributed by atoms with Crippen LogP contribution in [0.25, 0.3) is 0 Å². The van der Waals surface area contributed by atoms with Crippen molar-refractivity contribution in [3.05, 3.63) is 24.4 Å². The first-order valence-electron chi connectivity index (χ1n) is 11.4. The Morgan fingerprint density at radius 1 is 0.897 bits per heavy atom. The molecule has 1 aliphatic rings. The highest BCUT2D eigenvalue weighted by molar-refractivity contribution is 5.90. The first kappa shape index (κ1) is 23.4. The maximum Gasteiger partial charge on any atom is 0.226 e. The average Bonchev–Trinajstić information content (AvgIpc) is 2.63. The fourth-order valence-electron chi connectivity index (χ4n) is 4.14. The van der Waals surface area contributed by atoms with Gasteiger partial charge in [-0.2, -0.15) is 0 Å². The van der Waals surface area contributed by atoms with E-state index in [2.05, 4.69) is 15.6 Å². The molecule has 2 rings (SSSR count). The predicted octanol–water partition coefficient (Wildman–Crippen LogP) is 5.62. The van der Waals surface area contributed by atoms with Crippen LogP contribution in [0.1, 0.15) is 97.3 Å². The second-order valence-corrected chi connectivity index (χ2v) is 9.30. The highest BCUT2D eigenvalue weighted by Gasteiger charge is 2.26. The Morgan fingerprint density at radius 2 is 1.45 bits per heavy atom. The van der Waals surface area contributed by atoms with Crippen LogP contribution in [0.3, 0.4) is 0 Å². The molecule has 0 radical (unpaired) electrons. The van der Waals surface area contributed by atoms with Gasteiger partial charge in [-0.3, -0.25) is 9.59 Å². The van der Waals surface area contributed by atoms with Gasteiger partial charge in [0.2, 0.25) is 11.8 Å². The van der Waals surface area contributed by atoms with E-state index >= 15 is 0 Å². The zero-order chi connectivity index (χ0) is 21.0. The third-order valence-electron chi connectivity index (χ3n) is 5.68. The SMILES string of the molecule is CC(C)(CC(=O)Nc1ccccn1)CC(=O)NC1CCCCCCCCCCC1. The minimum atomic E-state index is -0.395. The fraction of sp³-hybridized carbons (Fsp3) is 0.708. The number of carbonyl (C=O) groups is 2. The normalized spacial score (nSPS) is 17.6. The van der Waals surface area contributed by atoms with Crippen molar-refractivity contribution in [3.63, 3.8) is 0 Å². The molecule has 162 valence electrons. The predicted molar refractivity (Wildman–Crippen MR) is 119 cm³/mol. The fourth-order valence-corrected chi connectivity index (χ4v) is 4.14. The minimum Gasteiger partial charge on any atom is -0.353 e. The van der Waals surface area contributed by atoms with Crippen LogP contribution in [-0.2, 0) is 9.59 Å². The van der Waals surface area contributed by atoms with Crippen LogP contribution in [0, 0.1) is 5.41 Å². The summed E-state index contributed by atoms with van der Waals surface area (Å²) in [4.78, 5) is 29.1. The van der Waals surface area contributed by atoms with Crippen molar-refractivity contribution in [2.24, 2.45) is 5.41 Å². The lowest BCUT2D eigenvalue weighted by molar-refractivity contribution is -0.124. The zero-order valence-corrected chi connectivity index (χ0v) is 18.3. The Morgan fingerprint density at radius 3 is 2.00 bits per heavy atom. The van der Waals surface area contributed by atoms with E-state index in [1.54, 1.807) is 12.3 Å². The zero-order valence-electron chi connectivity index (χ0n) is 18.3. The molecule has 1 heterocycles. The summed E-state index contributed by atoms with van der Waals surface area (Å²) in [7, 11) is 0. The Kier molecular flexibility index (Phi) is 10.2. The molecule has 0 spiro atoms. The van der Waals surface area contributed by atoms with E-state index in [-0.39, 0.29) is 17.9 Å². The second kappa shape index (κ2) is 12.6. The smallest absolute Gasteiger partial charge is 0.226 e. The molecule has 1 aromatic heterocycles. The van der Waals surface area contributed by atoms with Crippen molar-refractivity contribution in [2.75, 3.05) is 5.32 Å². The van der Waals surface area contributed by atoms with E-state index in [1.807, 2.05) is 26.0 Å². The minimum absolute atomic E-state index is 0.0673. The van der Waals surface area contributed by atoms with Crippen molar-refractivity contribution >= 4 is 17.6 Å². The van der Waals surface area contributed by atoms with E-state index < -0.39 is 5.41 Å². The van der Waals surface area contributed by atoms with Crippen LogP contribution in [0.5, 0.6) is 0 Å². The third-order valence-corrected chi connectivity index (χ3v) is 5.68. The van der Waals surface area contributed by atoms with Gasteiger partial charge in [-0.1, -0.05) is 77.7 Å². The molecular formula is C24H39N3O2. The van der Waals surface area contributed by atoms with Crippen molar-refractivity contribution in [3.8, 4) is 0 Å². The Labute approximate surface area is 176 Å². The number of rotatable bonds is 6. The van der Waals surface area contributed by atoms with Crippen molar-refractivity contribution < 1.29 is 9.59 Å². The summed E-state index contributed by atoms with van der Waals surface area (Å²) in [5.74, 6) is 0.510. The van der Waals surface area contributed by atoms with Gasteiger partial charge < -0.3 is 10.6 Å². The quantitative estimate of drug-likeness (QED) is 0.650. The number of amides is 2. The molecule has 5 heteroatoms. The van der Waals surface area contributed by atoms with Gasteiger partial charge in [0.1, 0.15) is 5.82 Å². The number of aromatic nitrogens is 1. The van der Waals surface area contributed by atoms with Gasteiger partial charge in [0.15, 0.2) is 0 Å². The van der Waals surface area contributed by atoms with Crippen LogP contribution in [0.4, 0.5) is 5.82 Å². The van der Waals surface area contributed by atoms with Gasteiger partial charge in [-0.05, 0) is 30.4 Å². The molecule has 0 aromatic carbocycles. The maximum absolute atomic E-state index is 12.7. The van der Waals surface area contributed by atoms with E-state index in [4.69, 9.17) is 0 Å². The molecule has 29 heavy (non-hydrogen) atoms. The molecule has 0 aliphatic heterocycles. The van der Waals surface area contributed by atoms with Gasteiger partial charge in [0.05, 0.1) is 0 Å².